The fourth-order valence-electron chi connectivity index (χ4n) is 2.87. The minimum Gasteiger partial charge on any atom is -0.289 e. The largest absolute Gasteiger partial charge is 0.289 e. The average molecular weight is 224 g/mol. The summed E-state index contributed by atoms with van der Waals surface area (Å²) >= 11 is 0. The molecule has 0 spiro atoms. The second-order valence-electron chi connectivity index (χ2n) is 4.81. The van der Waals surface area contributed by atoms with Crippen molar-refractivity contribution in [2.24, 2.45) is 0 Å². The van der Waals surface area contributed by atoms with E-state index >= 15 is 0 Å². The Hall–Kier alpha value is -0.900. The number of likely N-dealkylation sites (N-methyl/N-ethyl adjacent to an activating group) is 1. The first-order valence-corrected chi connectivity index (χ1v) is 6.21. The molecule has 4 nitrogen and oxygen atoms in total. The molecule has 0 aliphatic carbocycles. The van der Waals surface area contributed by atoms with Gasteiger partial charge in [-0.15, -0.1) is 0 Å². The summed E-state index contributed by atoms with van der Waals surface area (Å²) in [4.78, 5) is 27.0. The number of likely N-dealkylation sites (tertiary alicyclic amines) is 2. The van der Waals surface area contributed by atoms with Gasteiger partial charge in [0.05, 0.1) is 12.5 Å². The molecule has 2 fully saturated rings. The number of piperidine rings is 1. The highest BCUT2D eigenvalue weighted by atomic mass is 16.2. The molecule has 90 valence electrons. The standard InChI is InChI=1S/C12H20N2O2/c1-3-9-6-4-5-7-14(9)10-8-11(15)13(2)12(10)16/h9-10H,3-8H2,1-2H3. The highest BCUT2D eigenvalue weighted by Crippen LogP contribution is 2.27. The average Bonchev–Trinajstić information content (AvgIpc) is 2.57. The van der Waals surface area contributed by atoms with Gasteiger partial charge in [0.2, 0.25) is 11.8 Å². The van der Waals surface area contributed by atoms with Crippen molar-refractivity contribution in [2.45, 2.75) is 51.1 Å². The van der Waals surface area contributed by atoms with Crippen LogP contribution in [0.2, 0.25) is 0 Å². The zero-order valence-corrected chi connectivity index (χ0v) is 10.1. The second-order valence-corrected chi connectivity index (χ2v) is 4.81. The number of rotatable bonds is 2. The van der Waals surface area contributed by atoms with Gasteiger partial charge in [-0.25, -0.2) is 0 Å². The van der Waals surface area contributed by atoms with Crippen LogP contribution in [0.1, 0.15) is 39.0 Å². The maximum Gasteiger partial charge on any atom is 0.246 e. The van der Waals surface area contributed by atoms with Crippen molar-refractivity contribution in [3.63, 3.8) is 0 Å². The Morgan fingerprint density at radius 1 is 1.31 bits per heavy atom. The lowest BCUT2D eigenvalue weighted by atomic mass is 9.97. The van der Waals surface area contributed by atoms with E-state index in [-0.39, 0.29) is 17.9 Å². The van der Waals surface area contributed by atoms with Gasteiger partial charge >= 0.3 is 0 Å². The van der Waals surface area contributed by atoms with Gasteiger partial charge in [-0.2, -0.15) is 0 Å². The van der Waals surface area contributed by atoms with Gasteiger partial charge in [0.25, 0.3) is 0 Å². The predicted molar refractivity (Wildman–Crippen MR) is 60.8 cm³/mol. The maximum absolute atomic E-state index is 11.9. The molecule has 0 radical (unpaired) electrons. The van der Waals surface area contributed by atoms with Crippen molar-refractivity contribution >= 4 is 11.8 Å². The highest BCUT2D eigenvalue weighted by Gasteiger charge is 2.42. The molecule has 0 saturated carbocycles. The zero-order valence-electron chi connectivity index (χ0n) is 10.1. The first-order valence-electron chi connectivity index (χ1n) is 6.21. The van der Waals surface area contributed by atoms with E-state index in [1.807, 2.05) is 0 Å². The number of amides is 2. The van der Waals surface area contributed by atoms with Crippen LogP contribution >= 0.6 is 0 Å². The Labute approximate surface area is 96.6 Å². The fourth-order valence-corrected chi connectivity index (χ4v) is 2.87. The lowest BCUT2D eigenvalue weighted by molar-refractivity contribution is -0.138. The highest BCUT2D eigenvalue weighted by molar-refractivity contribution is 6.05. The van der Waals surface area contributed by atoms with E-state index in [0.29, 0.717) is 12.5 Å². The number of hydrogen-bond acceptors (Lipinski definition) is 3. The molecule has 0 aromatic rings. The van der Waals surface area contributed by atoms with E-state index in [1.165, 1.54) is 11.3 Å². The smallest absolute Gasteiger partial charge is 0.246 e. The zero-order chi connectivity index (χ0) is 11.7. The Kier molecular flexibility index (Phi) is 3.28. The maximum atomic E-state index is 11.9. The van der Waals surface area contributed by atoms with E-state index in [4.69, 9.17) is 0 Å². The third-order valence-electron chi connectivity index (χ3n) is 3.90. The summed E-state index contributed by atoms with van der Waals surface area (Å²) < 4.78 is 0. The van der Waals surface area contributed by atoms with Gasteiger partial charge < -0.3 is 0 Å². The topological polar surface area (TPSA) is 40.6 Å². The van der Waals surface area contributed by atoms with Gasteiger partial charge in [-0.3, -0.25) is 19.4 Å². The SMILES string of the molecule is CCC1CCCCN1C1CC(=O)N(C)C1=O. The number of carbonyl (C=O) groups excluding carboxylic acids is 2. The molecule has 2 aliphatic heterocycles. The molecule has 2 unspecified atom stereocenters. The lowest BCUT2D eigenvalue weighted by Crippen LogP contribution is -2.49. The minimum atomic E-state index is -0.178. The molecule has 0 N–H and O–H groups in total. The molecule has 0 aromatic carbocycles. The summed E-state index contributed by atoms with van der Waals surface area (Å²) in [6, 6.07) is 0.310. The third-order valence-corrected chi connectivity index (χ3v) is 3.90. The molecule has 2 aliphatic rings. The van der Waals surface area contributed by atoms with E-state index in [9.17, 15) is 9.59 Å². The van der Waals surface area contributed by atoms with Gasteiger partial charge in [-0.05, 0) is 25.8 Å². The molecule has 2 amide bonds. The van der Waals surface area contributed by atoms with Crippen molar-refractivity contribution in [3.8, 4) is 0 Å². The summed E-state index contributed by atoms with van der Waals surface area (Å²) in [5.41, 5.74) is 0. The Bertz CT molecular complexity index is 303. The summed E-state index contributed by atoms with van der Waals surface area (Å²) in [5, 5.41) is 0. The van der Waals surface area contributed by atoms with Crippen LogP contribution in [0.5, 0.6) is 0 Å². The summed E-state index contributed by atoms with van der Waals surface area (Å²) in [7, 11) is 1.59. The molecule has 2 saturated heterocycles. The molecule has 2 rings (SSSR count). The van der Waals surface area contributed by atoms with Crippen molar-refractivity contribution in [3.05, 3.63) is 0 Å². The van der Waals surface area contributed by atoms with Crippen LogP contribution in [-0.2, 0) is 9.59 Å². The first-order chi connectivity index (χ1) is 7.65. The van der Waals surface area contributed by atoms with Crippen molar-refractivity contribution < 1.29 is 9.59 Å². The number of nitrogens with zero attached hydrogens (tertiary/aromatic N) is 2. The third kappa shape index (κ3) is 1.86. The van der Waals surface area contributed by atoms with Crippen LogP contribution in [0.4, 0.5) is 0 Å². The number of carbonyl (C=O) groups is 2. The van der Waals surface area contributed by atoms with Gasteiger partial charge in [0, 0.05) is 13.1 Å². The minimum absolute atomic E-state index is 0.00894. The molecule has 2 heterocycles. The van der Waals surface area contributed by atoms with Crippen LogP contribution in [0.25, 0.3) is 0 Å². The number of imide groups is 1. The monoisotopic (exact) mass is 224 g/mol. The summed E-state index contributed by atoms with van der Waals surface area (Å²) in [6.07, 6.45) is 5.02. The summed E-state index contributed by atoms with van der Waals surface area (Å²) in [6.45, 7) is 3.13. The van der Waals surface area contributed by atoms with E-state index in [1.54, 1.807) is 7.05 Å². The molecule has 0 bridgehead atoms. The van der Waals surface area contributed by atoms with Gasteiger partial charge in [0.15, 0.2) is 0 Å². The quantitative estimate of drug-likeness (QED) is 0.657. The predicted octanol–water partition coefficient (Wildman–Crippen LogP) is 1.01. The Balaban J connectivity index is 2.11. The molecular weight excluding hydrogens is 204 g/mol. The molecule has 16 heavy (non-hydrogen) atoms. The lowest BCUT2D eigenvalue weighted by Gasteiger charge is -2.38. The molecule has 2 atom stereocenters. The van der Waals surface area contributed by atoms with Crippen molar-refractivity contribution in [2.75, 3.05) is 13.6 Å². The normalized spacial score (nSPS) is 32.5. The summed E-state index contributed by atoms with van der Waals surface area (Å²) in [5.74, 6) is -0.0409. The number of hydrogen-bond donors (Lipinski definition) is 0. The van der Waals surface area contributed by atoms with Crippen LogP contribution in [0.15, 0.2) is 0 Å². The van der Waals surface area contributed by atoms with Crippen LogP contribution in [0.3, 0.4) is 0 Å². The fraction of sp³-hybridized carbons (Fsp3) is 0.833. The van der Waals surface area contributed by atoms with Gasteiger partial charge in [-0.1, -0.05) is 13.3 Å². The molecule has 0 aromatic heterocycles. The van der Waals surface area contributed by atoms with E-state index < -0.39 is 0 Å². The van der Waals surface area contributed by atoms with E-state index in [0.717, 1.165) is 25.8 Å². The van der Waals surface area contributed by atoms with Crippen LogP contribution in [-0.4, -0.2) is 47.3 Å². The molecule has 4 heteroatoms. The van der Waals surface area contributed by atoms with Gasteiger partial charge in [0.1, 0.15) is 0 Å². The Morgan fingerprint density at radius 3 is 2.62 bits per heavy atom. The van der Waals surface area contributed by atoms with E-state index in [2.05, 4.69) is 11.8 Å². The first kappa shape index (κ1) is 11.6. The van der Waals surface area contributed by atoms with Crippen LogP contribution < -0.4 is 0 Å². The second kappa shape index (κ2) is 4.53. The van der Waals surface area contributed by atoms with Crippen molar-refractivity contribution in [1.29, 1.82) is 0 Å². The Morgan fingerprint density at radius 2 is 2.06 bits per heavy atom. The van der Waals surface area contributed by atoms with Crippen LogP contribution in [0, 0.1) is 0 Å². The molecular formula is C12H20N2O2. The van der Waals surface area contributed by atoms with Crippen molar-refractivity contribution in [1.82, 2.24) is 9.80 Å².